The third kappa shape index (κ3) is 4.83. The molecule has 0 aliphatic heterocycles. The van der Waals surface area contributed by atoms with E-state index in [2.05, 4.69) is 41.5 Å². The second-order valence-electron chi connectivity index (χ2n) is 8.14. The van der Waals surface area contributed by atoms with Gasteiger partial charge in [-0.05, 0) is 41.9 Å². The molecule has 0 amide bonds. The molecule has 110 valence electrons. The molecule has 1 aliphatic rings. The topological polar surface area (TPSA) is 0 Å². The van der Waals surface area contributed by atoms with Crippen molar-refractivity contribution in [3.05, 3.63) is 0 Å². The van der Waals surface area contributed by atoms with E-state index >= 15 is 0 Å². The summed E-state index contributed by atoms with van der Waals surface area (Å²) in [6.45, 7) is 14.4. The van der Waals surface area contributed by atoms with Crippen molar-refractivity contribution in [1.82, 2.24) is 0 Å². The second-order valence-corrected chi connectivity index (χ2v) is 8.14. The lowest BCUT2D eigenvalue weighted by Crippen LogP contribution is -2.27. The summed E-state index contributed by atoms with van der Waals surface area (Å²) in [4.78, 5) is 0. The van der Waals surface area contributed by atoms with Gasteiger partial charge in [-0.25, -0.2) is 0 Å². The summed E-state index contributed by atoms with van der Waals surface area (Å²) < 4.78 is 0. The summed E-state index contributed by atoms with van der Waals surface area (Å²) in [5.41, 5.74) is 0.481. The molecule has 1 fully saturated rings. The van der Waals surface area contributed by atoms with Crippen LogP contribution in [0, 0.1) is 29.1 Å². The molecule has 0 aromatic carbocycles. The lowest BCUT2D eigenvalue weighted by atomic mass is 9.69. The summed E-state index contributed by atoms with van der Waals surface area (Å²) in [5.74, 6) is 3.85. The Hall–Kier alpha value is 0.0649. The molecule has 0 bridgehead atoms. The van der Waals surface area contributed by atoms with Crippen LogP contribution >= 0.6 is 0 Å². The molecule has 0 heterocycles. The molecule has 19 heavy (non-hydrogen) atoms. The van der Waals surface area contributed by atoms with Crippen LogP contribution in [0.15, 0.2) is 0 Å². The molecule has 0 aromatic rings. The monoisotopic (exact) mass is 262 g/mol. The van der Waals surface area contributed by atoms with Crippen LogP contribution in [-0.4, -0.2) is 7.85 Å². The fourth-order valence-electron chi connectivity index (χ4n) is 4.08. The van der Waals surface area contributed by atoms with Crippen LogP contribution in [0.5, 0.6) is 0 Å². The van der Waals surface area contributed by atoms with Gasteiger partial charge in [0.05, 0.1) is 7.85 Å². The molecular weight excluding hydrogens is 227 g/mol. The second kappa shape index (κ2) is 7.18. The summed E-state index contributed by atoms with van der Waals surface area (Å²) in [7, 11) is 6.27. The van der Waals surface area contributed by atoms with Crippen LogP contribution < -0.4 is 0 Å². The standard InChI is InChI=1S/C18H35B/c1-7-10-18(5,6)17-12-16(19)11-15(17)9-8-14(4)13(2)3/h13-17H,7-12H2,1-6H3. The van der Waals surface area contributed by atoms with Crippen LogP contribution in [0.3, 0.4) is 0 Å². The number of hydrogen-bond donors (Lipinski definition) is 0. The quantitative estimate of drug-likeness (QED) is 0.503. The van der Waals surface area contributed by atoms with Gasteiger partial charge in [0.2, 0.25) is 0 Å². The van der Waals surface area contributed by atoms with Crippen LogP contribution in [0.4, 0.5) is 0 Å². The number of rotatable bonds is 7. The minimum Gasteiger partial charge on any atom is -0.0768 e. The van der Waals surface area contributed by atoms with E-state index in [9.17, 15) is 0 Å². The predicted octanol–water partition coefficient (Wildman–Crippen LogP) is 5.87. The normalized spacial score (nSPS) is 29.9. The van der Waals surface area contributed by atoms with Gasteiger partial charge in [-0.15, -0.1) is 0 Å². The highest BCUT2D eigenvalue weighted by molar-refractivity contribution is 6.11. The van der Waals surface area contributed by atoms with E-state index in [1.807, 2.05) is 0 Å². The molecule has 0 nitrogen and oxygen atoms in total. The van der Waals surface area contributed by atoms with Gasteiger partial charge in [0, 0.05) is 0 Å². The van der Waals surface area contributed by atoms with Gasteiger partial charge < -0.3 is 0 Å². The Kier molecular flexibility index (Phi) is 6.47. The molecule has 2 radical (unpaired) electrons. The molecular formula is C18H35B. The summed E-state index contributed by atoms with van der Waals surface area (Å²) in [6.07, 6.45) is 7.95. The Morgan fingerprint density at radius 2 is 1.79 bits per heavy atom. The molecule has 0 spiro atoms. The first-order valence-electron chi connectivity index (χ1n) is 8.53. The minimum absolute atomic E-state index is 0.459. The van der Waals surface area contributed by atoms with Gasteiger partial charge in [-0.2, -0.15) is 0 Å². The fraction of sp³-hybridized carbons (Fsp3) is 1.00. The maximum atomic E-state index is 6.27. The summed E-state index contributed by atoms with van der Waals surface area (Å²) in [6, 6.07) is 0. The first-order chi connectivity index (χ1) is 8.77. The smallest absolute Gasteiger partial charge is 0.0699 e. The van der Waals surface area contributed by atoms with Gasteiger partial charge in [0.15, 0.2) is 0 Å². The van der Waals surface area contributed by atoms with Crippen molar-refractivity contribution in [1.29, 1.82) is 0 Å². The molecule has 0 aromatic heterocycles. The van der Waals surface area contributed by atoms with Crippen molar-refractivity contribution in [2.24, 2.45) is 29.1 Å². The third-order valence-electron chi connectivity index (χ3n) is 5.76. The Morgan fingerprint density at radius 1 is 1.16 bits per heavy atom. The predicted molar refractivity (Wildman–Crippen MR) is 87.6 cm³/mol. The van der Waals surface area contributed by atoms with Gasteiger partial charge in [-0.3, -0.25) is 0 Å². The van der Waals surface area contributed by atoms with Gasteiger partial charge >= 0.3 is 0 Å². The highest BCUT2D eigenvalue weighted by Gasteiger charge is 2.40. The van der Waals surface area contributed by atoms with E-state index in [0.717, 1.165) is 23.7 Å². The van der Waals surface area contributed by atoms with Crippen molar-refractivity contribution in [2.45, 2.75) is 85.9 Å². The van der Waals surface area contributed by atoms with E-state index < -0.39 is 0 Å². The van der Waals surface area contributed by atoms with Crippen molar-refractivity contribution >= 4 is 7.85 Å². The average molecular weight is 262 g/mol. The van der Waals surface area contributed by atoms with Crippen LogP contribution in [0.1, 0.15) is 80.1 Å². The molecule has 0 N–H and O–H groups in total. The van der Waals surface area contributed by atoms with Crippen LogP contribution in [0.25, 0.3) is 0 Å². The average Bonchev–Trinajstić information content (AvgIpc) is 2.68. The zero-order valence-corrected chi connectivity index (χ0v) is 14.2. The largest absolute Gasteiger partial charge is 0.0768 e. The third-order valence-corrected chi connectivity index (χ3v) is 5.76. The molecule has 1 rings (SSSR count). The van der Waals surface area contributed by atoms with Crippen LogP contribution in [0.2, 0.25) is 5.82 Å². The molecule has 4 atom stereocenters. The van der Waals surface area contributed by atoms with E-state index in [-0.39, 0.29) is 0 Å². The molecule has 1 heteroatoms. The number of hydrogen-bond acceptors (Lipinski definition) is 0. The van der Waals surface area contributed by atoms with Crippen molar-refractivity contribution in [3.8, 4) is 0 Å². The first-order valence-corrected chi connectivity index (χ1v) is 8.53. The van der Waals surface area contributed by atoms with Crippen molar-refractivity contribution < 1.29 is 0 Å². The first kappa shape index (κ1) is 17.1. The Bertz CT molecular complexity index is 256. The lowest BCUT2D eigenvalue weighted by molar-refractivity contribution is 0.137. The lowest BCUT2D eigenvalue weighted by Gasteiger charge is -2.36. The summed E-state index contributed by atoms with van der Waals surface area (Å²) >= 11 is 0. The molecule has 1 saturated carbocycles. The summed E-state index contributed by atoms with van der Waals surface area (Å²) in [5, 5.41) is 0. The Balaban J connectivity index is 2.59. The van der Waals surface area contributed by atoms with Gasteiger partial charge in [-0.1, -0.05) is 73.0 Å². The SMILES string of the molecule is [B]C1CC(CCC(C)C(C)C)C(C(C)(C)CCC)C1. The Labute approximate surface area is 123 Å². The molecule has 0 saturated heterocycles. The zero-order chi connectivity index (χ0) is 14.6. The highest BCUT2D eigenvalue weighted by atomic mass is 14.4. The van der Waals surface area contributed by atoms with E-state index in [0.29, 0.717) is 11.2 Å². The zero-order valence-electron chi connectivity index (χ0n) is 14.2. The van der Waals surface area contributed by atoms with Gasteiger partial charge in [0.25, 0.3) is 0 Å². The van der Waals surface area contributed by atoms with Crippen LogP contribution in [-0.2, 0) is 0 Å². The van der Waals surface area contributed by atoms with E-state index in [1.165, 1.54) is 38.5 Å². The fourth-order valence-corrected chi connectivity index (χ4v) is 4.08. The van der Waals surface area contributed by atoms with Crippen molar-refractivity contribution in [3.63, 3.8) is 0 Å². The minimum atomic E-state index is 0.459. The Morgan fingerprint density at radius 3 is 2.32 bits per heavy atom. The molecule has 1 aliphatic carbocycles. The van der Waals surface area contributed by atoms with E-state index in [4.69, 9.17) is 7.85 Å². The van der Waals surface area contributed by atoms with Crippen molar-refractivity contribution in [2.75, 3.05) is 0 Å². The maximum absolute atomic E-state index is 6.27. The van der Waals surface area contributed by atoms with E-state index in [1.54, 1.807) is 0 Å². The van der Waals surface area contributed by atoms with Gasteiger partial charge in [0.1, 0.15) is 0 Å². The highest BCUT2D eigenvalue weighted by Crippen LogP contribution is 2.51. The molecule has 4 unspecified atom stereocenters. The maximum Gasteiger partial charge on any atom is 0.0699 e.